The molecule has 1 saturated carbocycles. The van der Waals surface area contributed by atoms with Gasteiger partial charge in [0.25, 0.3) is 0 Å². The number of pyridine rings is 1. The van der Waals surface area contributed by atoms with Gasteiger partial charge in [-0.3, -0.25) is 19.8 Å². The van der Waals surface area contributed by atoms with Gasteiger partial charge in [0.1, 0.15) is 11.9 Å². The molecule has 0 spiro atoms. The smallest absolute Gasteiger partial charge is 0.411 e. The number of amides is 2. The number of benzene rings is 4. The molecule has 4 aromatic carbocycles. The van der Waals surface area contributed by atoms with Crippen molar-refractivity contribution < 1.29 is 29.3 Å². The summed E-state index contributed by atoms with van der Waals surface area (Å²) in [5.41, 5.74) is 5.78. The number of aliphatic hydroxyl groups excluding tert-OH is 1. The molecule has 2 fully saturated rings. The molecule has 1 aliphatic carbocycles. The van der Waals surface area contributed by atoms with E-state index in [4.69, 9.17) is 9.47 Å². The fourth-order valence-electron chi connectivity index (χ4n) is 8.30. The van der Waals surface area contributed by atoms with Gasteiger partial charge in [-0.05, 0) is 78.5 Å². The number of aromatic nitrogens is 1. The van der Waals surface area contributed by atoms with Crippen LogP contribution < -0.4 is 16.2 Å². The summed E-state index contributed by atoms with van der Waals surface area (Å²) in [6.45, 7) is 14.3. The van der Waals surface area contributed by atoms with Crippen molar-refractivity contribution in [2.24, 2.45) is 11.8 Å². The molecule has 65 heavy (non-hydrogen) atoms. The Hall–Kier alpha value is -5.79. The van der Waals surface area contributed by atoms with Crippen molar-refractivity contribution in [2.75, 3.05) is 58.3 Å². The molecule has 1 saturated heterocycles. The van der Waals surface area contributed by atoms with Crippen LogP contribution in [0.4, 0.5) is 10.5 Å². The number of anilines is 1. The molecule has 2 aliphatic rings. The van der Waals surface area contributed by atoms with E-state index in [0.29, 0.717) is 54.6 Å². The van der Waals surface area contributed by atoms with E-state index in [1.807, 2.05) is 75.4 Å². The second kappa shape index (κ2) is 27.5. The molecule has 5 N–H and O–H groups in total. The van der Waals surface area contributed by atoms with Crippen LogP contribution in [0.3, 0.4) is 0 Å². The molecular formula is C53H73N5O7. The number of carbonyl (C=O) groups is 2. The normalized spacial score (nSPS) is 16.5. The van der Waals surface area contributed by atoms with Gasteiger partial charge in [-0.1, -0.05) is 114 Å². The molecule has 1 aliphatic heterocycles. The fourth-order valence-corrected chi connectivity index (χ4v) is 8.30. The number of ether oxygens (including phenoxy) is 2. The second-order valence-corrected chi connectivity index (χ2v) is 15.9. The van der Waals surface area contributed by atoms with Crippen molar-refractivity contribution in [1.82, 2.24) is 20.1 Å². The first kappa shape index (κ1) is 53.5. The number of carbonyl (C=O) groups excluding carboxylic acids is 2. The van der Waals surface area contributed by atoms with E-state index in [-0.39, 0.29) is 51.1 Å². The Labute approximate surface area is 386 Å². The summed E-state index contributed by atoms with van der Waals surface area (Å²) in [4.78, 5) is 44.0. The Morgan fingerprint density at radius 2 is 1.55 bits per heavy atom. The number of nitrogens with zero attached hydrogens (tertiary/aromatic N) is 2. The fraction of sp³-hybridized carbons (Fsp3) is 0.415. The molecule has 0 bridgehead atoms. The first-order valence-electron chi connectivity index (χ1n) is 22.2. The minimum Gasteiger partial charge on any atom is -0.506 e. The molecule has 2 amide bonds. The number of aromatic hydroxyl groups is 1. The first-order chi connectivity index (χ1) is 30.6. The molecule has 1 aromatic heterocycles. The van der Waals surface area contributed by atoms with Crippen molar-refractivity contribution in [2.45, 2.75) is 80.1 Å². The van der Waals surface area contributed by atoms with Gasteiger partial charge in [-0.15, -0.1) is 6.58 Å². The summed E-state index contributed by atoms with van der Waals surface area (Å²) in [7, 11) is 1.75. The summed E-state index contributed by atoms with van der Waals surface area (Å²) < 4.78 is 11.7. The monoisotopic (exact) mass is 892 g/mol. The average Bonchev–Trinajstić information content (AvgIpc) is 3.85. The number of aromatic amines is 1. The summed E-state index contributed by atoms with van der Waals surface area (Å²) in [6.07, 6.45) is 3.28. The summed E-state index contributed by atoms with van der Waals surface area (Å²) in [6, 6.07) is 32.5. The molecule has 12 nitrogen and oxygen atoms in total. The third kappa shape index (κ3) is 15.7. The maximum atomic E-state index is 12.9. The van der Waals surface area contributed by atoms with Gasteiger partial charge in [0.2, 0.25) is 11.5 Å². The topological polar surface area (TPSA) is 156 Å². The molecule has 2 heterocycles. The van der Waals surface area contributed by atoms with Crippen LogP contribution in [0.25, 0.3) is 22.0 Å². The Bertz CT molecular complexity index is 2250. The first-order valence-corrected chi connectivity index (χ1v) is 22.2. The van der Waals surface area contributed by atoms with Gasteiger partial charge in [0, 0.05) is 63.3 Å². The minimum absolute atomic E-state index is 0. The molecule has 3 atom stereocenters. The Morgan fingerprint density at radius 3 is 2.25 bits per heavy atom. The lowest BCUT2D eigenvalue weighted by molar-refractivity contribution is -0.131. The van der Waals surface area contributed by atoms with Crippen LogP contribution in [0.2, 0.25) is 0 Å². The van der Waals surface area contributed by atoms with Gasteiger partial charge >= 0.3 is 6.09 Å². The highest BCUT2D eigenvalue weighted by Crippen LogP contribution is 2.40. The van der Waals surface area contributed by atoms with Crippen molar-refractivity contribution in [1.29, 1.82) is 0 Å². The highest BCUT2D eigenvalue weighted by molar-refractivity contribution is 5.91. The van der Waals surface area contributed by atoms with Gasteiger partial charge in [0.15, 0.2) is 0 Å². The van der Waals surface area contributed by atoms with Crippen molar-refractivity contribution in [3.05, 3.63) is 143 Å². The highest BCUT2D eigenvalue weighted by Gasteiger charge is 2.42. The lowest BCUT2D eigenvalue weighted by Gasteiger charge is -2.20. The zero-order chi connectivity index (χ0) is 45.1. The highest BCUT2D eigenvalue weighted by atomic mass is 16.6. The Morgan fingerprint density at radius 1 is 0.908 bits per heavy atom. The quantitative estimate of drug-likeness (QED) is 0.0453. The number of allylic oxidation sites excluding steroid dienone is 1. The largest absolute Gasteiger partial charge is 0.506 e. The number of phenols is 1. The lowest BCUT2D eigenvalue weighted by atomic mass is 10.0. The maximum absolute atomic E-state index is 12.9. The molecule has 7 rings (SSSR count). The zero-order valence-electron chi connectivity index (χ0n) is 37.2. The lowest BCUT2D eigenvalue weighted by Crippen LogP contribution is -2.35. The third-order valence-corrected chi connectivity index (χ3v) is 11.4. The second-order valence-electron chi connectivity index (χ2n) is 15.9. The summed E-state index contributed by atoms with van der Waals surface area (Å²) in [5, 5.41) is 27.6. The minimum atomic E-state index is -0.862. The number of likely N-dealkylation sites (tertiary alicyclic amines) is 1. The Balaban J connectivity index is 0.00000154. The predicted molar refractivity (Wildman–Crippen MR) is 265 cm³/mol. The number of phenolic OH excluding ortho intramolecular Hbond substituents is 1. The number of fused-ring (bicyclic) bond motifs is 2. The maximum Gasteiger partial charge on any atom is 0.411 e. The van der Waals surface area contributed by atoms with E-state index in [0.717, 1.165) is 55.7 Å². The molecule has 3 unspecified atom stereocenters. The van der Waals surface area contributed by atoms with Crippen LogP contribution in [-0.2, 0) is 27.2 Å². The number of rotatable bonds is 17. The predicted octanol–water partition coefficient (Wildman–Crippen LogP) is 9.58. The number of nitrogens with one attached hydrogen (secondary N) is 3. The summed E-state index contributed by atoms with van der Waals surface area (Å²) in [5.74, 6) is 0.992. The molecule has 12 heteroatoms. The number of hydrogen-bond donors (Lipinski definition) is 5. The van der Waals surface area contributed by atoms with E-state index in [1.54, 1.807) is 30.2 Å². The number of aliphatic hydroxyl groups is 1. The van der Waals surface area contributed by atoms with Gasteiger partial charge in [0.05, 0.1) is 36.9 Å². The van der Waals surface area contributed by atoms with Gasteiger partial charge in [-0.25, -0.2) is 4.79 Å². The van der Waals surface area contributed by atoms with Crippen molar-refractivity contribution >= 4 is 28.6 Å². The van der Waals surface area contributed by atoms with Crippen LogP contribution in [0, 0.1) is 11.8 Å². The van der Waals surface area contributed by atoms with Crippen molar-refractivity contribution in [3.63, 3.8) is 0 Å². The molecule has 352 valence electrons. The zero-order valence-corrected chi connectivity index (χ0v) is 37.2. The average molecular weight is 892 g/mol. The molecule has 0 radical (unpaired) electrons. The van der Waals surface area contributed by atoms with Crippen LogP contribution in [-0.4, -0.2) is 96.1 Å². The number of hydrogen-bond acceptors (Lipinski definition) is 9. The van der Waals surface area contributed by atoms with Crippen LogP contribution in [0.5, 0.6) is 5.75 Å². The number of H-pyrrole nitrogens is 1. The SMILES string of the molecule is C.C.C=CC.CC.CN(CCNCC(O)c1ccc(O)c2[nH]c(=O)ccc12)C(=O)CCOCCc1ccc(CN2CC3CC(OC(=O)Nc4ccccc4-c4ccccc4)CC3C2)cc1. The third-order valence-electron chi connectivity index (χ3n) is 11.4. The standard InChI is InChI=1S/C46H53N5O7.C3H6.C2H6.2CH4/c1-50(22-21-47-27-42(53)38-15-17-41(52)45-39(38)16-18-43(54)49-45)44(55)20-24-57-23-19-31-11-13-32(14-12-31)28-51-29-34-25-36(26-35(34)30-51)58-46(56)48-40-10-6-5-9-37(40)33-7-3-2-4-8-33;1-3-2;1-2;;/h2-18,34-36,42,47,52-53H,19-30H2,1H3,(H,48,56)(H,49,54);3H,1H2,2H3;1-2H3;2*1H4. The Kier molecular flexibility index (Phi) is 22.7. The van der Waals surface area contributed by atoms with E-state index >= 15 is 0 Å². The number of para-hydroxylation sites is 1. The molecule has 5 aromatic rings. The van der Waals surface area contributed by atoms with Crippen molar-refractivity contribution in [3.8, 4) is 16.9 Å². The molecular weight excluding hydrogens is 819 g/mol. The van der Waals surface area contributed by atoms with E-state index in [2.05, 4.69) is 51.4 Å². The van der Waals surface area contributed by atoms with E-state index in [9.17, 15) is 24.6 Å². The van der Waals surface area contributed by atoms with Gasteiger partial charge in [-0.2, -0.15) is 0 Å². The number of likely N-dealkylation sites (N-methyl/N-ethyl adjacent to an activating group) is 1. The van der Waals surface area contributed by atoms with Crippen LogP contribution in [0.15, 0.2) is 121 Å². The van der Waals surface area contributed by atoms with Crippen LogP contribution >= 0.6 is 0 Å². The van der Waals surface area contributed by atoms with E-state index < -0.39 is 12.2 Å². The van der Waals surface area contributed by atoms with Crippen LogP contribution in [0.1, 0.15) is 77.7 Å². The van der Waals surface area contributed by atoms with Gasteiger partial charge < -0.3 is 34.9 Å². The van der Waals surface area contributed by atoms with E-state index in [1.165, 1.54) is 23.3 Å². The summed E-state index contributed by atoms with van der Waals surface area (Å²) >= 11 is 0.